The third kappa shape index (κ3) is 6.50. The second kappa shape index (κ2) is 13.0. The van der Waals surface area contributed by atoms with Gasteiger partial charge >= 0.3 is 5.97 Å². The van der Waals surface area contributed by atoms with E-state index in [0.29, 0.717) is 36.5 Å². The first-order valence-corrected chi connectivity index (χ1v) is 15.7. The lowest BCUT2D eigenvalue weighted by atomic mass is 9.80. The molecule has 1 N–H and O–H groups in total. The predicted octanol–water partition coefficient (Wildman–Crippen LogP) is 5.40. The highest BCUT2D eigenvalue weighted by Gasteiger charge is 2.34. The van der Waals surface area contributed by atoms with Gasteiger partial charge < -0.3 is 23.9 Å². The lowest BCUT2D eigenvalue weighted by Crippen LogP contribution is -2.39. The van der Waals surface area contributed by atoms with Gasteiger partial charge in [-0.3, -0.25) is 9.69 Å². The summed E-state index contributed by atoms with van der Waals surface area (Å²) in [5.41, 5.74) is 2.52. The van der Waals surface area contributed by atoms with Gasteiger partial charge in [-0.05, 0) is 72.9 Å². The van der Waals surface area contributed by atoms with Crippen molar-refractivity contribution >= 4 is 17.0 Å². The fourth-order valence-corrected chi connectivity index (χ4v) is 6.25. The average molecular weight is 639 g/mol. The first-order chi connectivity index (χ1) is 22.8. The van der Waals surface area contributed by atoms with Crippen LogP contribution in [0.1, 0.15) is 47.7 Å². The molecule has 3 heterocycles. The van der Waals surface area contributed by atoms with E-state index in [2.05, 4.69) is 16.7 Å². The fraction of sp³-hybridized carbons (Fsp3) is 0.361. The molecule has 4 aromatic rings. The molecule has 9 nitrogen and oxygen atoms in total. The summed E-state index contributed by atoms with van der Waals surface area (Å²) in [6.45, 7) is 3.46. The number of nitriles is 1. The Morgan fingerprint density at radius 2 is 1.91 bits per heavy atom. The Bertz CT molecular complexity index is 1930. The van der Waals surface area contributed by atoms with E-state index in [1.54, 1.807) is 0 Å². The van der Waals surface area contributed by atoms with Crippen LogP contribution in [-0.2, 0) is 29.2 Å². The van der Waals surface area contributed by atoms with Crippen LogP contribution < -0.4 is 9.47 Å². The maximum Gasteiger partial charge on any atom is 0.320 e. The van der Waals surface area contributed by atoms with E-state index in [9.17, 15) is 14.3 Å². The minimum atomic E-state index is -1.00. The number of likely N-dealkylation sites (tertiary alicyclic amines) is 1. The van der Waals surface area contributed by atoms with Crippen LogP contribution in [0.5, 0.6) is 11.5 Å². The van der Waals surface area contributed by atoms with Crippen molar-refractivity contribution in [2.24, 2.45) is 5.92 Å². The zero-order valence-corrected chi connectivity index (χ0v) is 25.5. The Morgan fingerprint density at radius 3 is 2.60 bits per heavy atom. The standard InChI is InChI=1S/C36H32F2N4O5/c37-30-15-22(18-39)4-7-33(30)46-21-23-2-1-3-26(14-23)47-25-8-11-41(12-9-25)20-34-40-35-31(38)16-24(28-5-6-29(28)36(43)44)17-32(35)42(34)19-27-10-13-45-27/h1-4,7,14-17,25,27-29H,8-13,19-21H2,(H,43,44)/t27-,28?,29?/m0/s1. The molecule has 2 unspecified atom stereocenters. The molecule has 0 amide bonds. The number of carboxylic acids is 1. The van der Waals surface area contributed by atoms with Crippen LogP contribution in [0.2, 0.25) is 0 Å². The van der Waals surface area contributed by atoms with Gasteiger partial charge in [0.15, 0.2) is 17.4 Å². The normalized spacial score (nSPS) is 20.8. The van der Waals surface area contributed by atoms with Crippen LogP contribution in [0, 0.1) is 40.7 Å². The molecule has 2 aliphatic heterocycles. The molecular weight excluding hydrogens is 606 g/mol. The number of ether oxygens (including phenoxy) is 3. The van der Waals surface area contributed by atoms with Gasteiger partial charge in [-0.25, -0.2) is 13.8 Å². The van der Waals surface area contributed by atoms with Crippen molar-refractivity contribution in [1.29, 1.82) is 5.26 Å². The highest BCUT2D eigenvalue weighted by molar-refractivity contribution is 5.81. The largest absolute Gasteiger partial charge is 0.490 e. The SMILES string of the molecule is N#Cc1ccc(OCc2cccc(OC3CCN(Cc4nc5c(F)cc(C6C#CC6C(=O)O)cc5n4C[C@@H]4CCO4)CC3)c2)c(F)c1. The van der Waals surface area contributed by atoms with Gasteiger partial charge in [0.2, 0.25) is 0 Å². The lowest BCUT2D eigenvalue weighted by molar-refractivity contribution is -0.140. The Labute approximate surface area is 270 Å². The number of aromatic nitrogens is 2. The maximum absolute atomic E-state index is 15.4. The molecule has 0 spiro atoms. The van der Waals surface area contributed by atoms with Crippen molar-refractivity contribution in [3.8, 4) is 29.4 Å². The average Bonchev–Trinajstić information content (AvgIpc) is 3.35. The molecule has 47 heavy (non-hydrogen) atoms. The number of nitrogens with zero attached hydrogens (tertiary/aromatic N) is 4. The number of fused-ring (bicyclic) bond motifs is 1. The molecule has 3 atom stereocenters. The third-order valence-electron chi connectivity index (χ3n) is 9.00. The predicted molar refractivity (Wildman–Crippen MR) is 167 cm³/mol. The highest BCUT2D eigenvalue weighted by atomic mass is 19.1. The van der Waals surface area contributed by atoms with E-state index in [4.69, 9.17) is 24.5 Å². The van der Waals surface area contributed by atoms with Crippen LogP contribution in [0.25, 0.3) is 11.0 Å². The Kier molecular flexibility index (Phi) is 8.50. The molecule has 2 saturated heterocycles. The number of piperidine rings is 1. The van der Waals surface area contributed by atoms with E-state index in [0.717, 1.165) is 49.8 Å². The Morgan fingerprint density at radius 1 is 1.09 bits per heavy atom. The van der Waals surface area contributed by atoms with Gasteiger partial charge in [-0.15, -0.1) is 0 Å². The maximum atomic E-state index is 15.4. The quantitative estimate of drug-likeness (QED) is 0.218. The van der Waals surface area contributed by atoms with Gasteiger partial charge in [0, 0.05) is 19.7 Å². The lowest BCUT2D eigenvalue weighted by Gasteiger charge is -2.32. The number of hydrogen-bond acceptors (Lipinski definition) is 7. The van der Waals surface area contributed by atoms with Crippen LogP contribution in [0.4, 0.5) is 8.78 Å². The molecule has 0 bridgehead atoms. The van der Waals surface area contributed by atoms with E-state index in [1.807, 2.05) is 41.0 Å². The van der Waals surface area contributed by atoms with Crippen molar-refractivity contribution in [1.82, 2.24) is 14.5 Å². The highest BCUT2D eigenvalue weighted by Crippen LogP contribution is 2.34. The minimum absolute atomic E-state index is 0.00588. The molecule has 1 aromatic heterocycles. The summed E-state index contributed by atoms with van der Waals surface area (Å²) in [7, 11) is 0. The second-order valence-corrected chi connectivity index (χ2v) is 12.2. The molecule has 3 aromatic carbocycles. The molecule has 11 heteroatoms. The van der Waals surface area contributed by atoms with Crippen molar-refractivity contribution in [2.75, 3.05) is 19.7 Å². The molecule has 7 rings (SSSR count). The molecule has 240 valence electrons. The van der Waals surface area contributed by atoms with Crippen molar-refractivity contribution < 1.29 is 32.9 Å². The number of hydrogen-bond donors (Lipinski definition) is 1. The van der Waals surface area contributed by atoms with Crippen LogP contribution in [0.15, 0.2) is 54.6 Å². The van der Waals surface area contributed by atoms with Crippen molar-refractivity contribution in [3.63, 3.8) is 0 Å². The minimum Gasteiger partial charge on any atom is -0.490 e. The molecule has 3 aliphatic rings. The summed E-state index contributed by atoms with van der Waals surface area (Å²) < 4.78 is 49.3. The number of imidazole rings is 1. The summed E-state index contributed by atoms with van der Waals surface area (Å²) in [5.74, 6) is 3.63. The summed E-state index contributed by atoms with van der Waals surface area (Å²) in [5, 5.41) is 18.4. The van der Waals surface area contributed by atoms with Gasteiger partial charge in [-0.2, -0.15) is 5.26 Å². The zero-order valence-electron chi connectivity index (χ0n) is 25.5. The number of halogens is 2. The van der Waals surface area contributed by atoms with E-state index in [-0.39, 0.29) is 35.6 Å². The first kappa shape index (κ1) is 30.7. The van der Waals surface area contributed by atoms with Crippen LogP contribution in [0.3, 0.4) is 0 Å². The van der Waals surface area contributed by atoms with Gasteiger partial charge in [0.1, 0.15) is 35.7 Å². The first-order valence-electron chi connectivity index (χ1n) is 15.7. The molecule has 0 radical (unpaired) electrons. The molecule has 2 fully saturated rings. The molecule has 1 aliphatic carbocycles. The van der Waals surface area contributed by atoms with Gasteiger partial charge in [-0.1, -0.05) is 24.0 Å². The summed E-state index contributed by atoms with van der Waals surface area (Å²) in [4.78, 5) is 18.6. The molecule has 0 saturated carbocycles. The van der Waals surface area contributed by atoms with E-state index < -0.39 is 29.4 Å². The number of benzene rings is 3. The van der Waals surface area contributed by atoms with Gasteiger partial charge in [0.05, 0.1) is 42.3 Å². The summed E-state index contributed by atoms with van der Waals surface area (Å²) >= 11 is 0. The van der Waals surface area contributed by atoms with E-state index >= 15 is 4.39 Å². The topological polar surface area (TPSA) is 110 Å². The summed E-state index contributed by atoms with van der Waals surface area (Å²) in [6, 6.07) is 16.8. The number of rotatable bonds is 11. The second-order valence-electron chi connectivity index (χ2n) is 12.2. The number of aliphatic carboxylic acids is 1. The fourth-order valence-electron chi connectivity index (χ4n) is 6.25. The van der Waals surface area contributed by atoms with Gasteiger partial charge in [0.25, 0.3) is 0 Å². The Hall–Kier alpha value is -4.97. The monoisotopic (exact) mass is 638 g/mol. The Balaban J connectivity index is 0.995. The molecular formula is C36H32F2N4O5. The van der Waals surface area contributed by atoms with Crippen molar-refractivity contribution in [3.05, 3.63) is 88.7 Å². The van der Waals surface area contributed by atoms with Crippen LogP contribution in [-0.4, -0.2) is 57.4 Å². The summed E-state index contributed by atoms with van der Waals surface area (Å²) in [6.07, 6.45) is 2.53. The third-order valence-corrected chi connectivity index (χ3v) is 9.00. The number of carboxylic acid groups (broad SMARTS) is 1. The van der Waals surface area contributed by atoms with Crippen LogP contribution >= 0.6 is 0 Å². The smallest absolute Gasteiger partial charge is 0.320 e. The van der Waals surface area contributed by atoms with Crippen molar-refractivity contribution in [2.45, 2.75) is 57.1 Å². The zero-order chi connectivity index (χ0) is 32.5. The van der Waals surface area contributed by atoms with E-state index in [1.165, 1.54) is 18.2 Å². The number of carbonyl (C=O) groups is 1.